The first-order valence-electron chi connectivity index (χ1n) is 5.48. The van der Waals surface area contributed by atoms with Gasteiger partial charge in [0.2, 0.25) is 0 Å². The molecular formula is C13H17O. The van der Waals surface area contributed by atoms with Crippen LogP contribution in [0, 0.1) is 12.3 Å². The molecule has 1 aliphatic rings. The molecule has 0 amide bonds. The highest BCUT2D eigenvalue weighted by Gasteiger charge is 2.13. The zero-order valence-electron chi connectivity index (χ0n) is 8.45. The van der Waals surface area contributed by atoms with Crippen molar-refractivity contribution in [1.29, 1.82) is 0 Å². The van der Waals surface area contributed by atoms with E-state index in [2.05, 4.69) is 6.42 Å². The predicted molar refractivity (Wildman–Crippen MR) is 58.1 cm³/mol. The summed E-state index contributed by atoms with van der Waals surface area (Å²) in [6, 6.07) is 7.50. The summed E-state index contributed by atoms with van der Waals surface area (Å²) >= 11 is 0. The van der Waals surface area contributed by atoms with Gasteiger partial charge in [-0.3, -0.25) is 0 Å². The smallest absolute Gasteiger partial charge is 0.115 e. The van der Waals surface area contributed by atoms with Crippen LogP contribution in [-0.4, -0.2) is 5.11 Å². The van der Waals surface area contributed by atoms with E-state index in [0.29, 0.717) is 5.75 Å². The van der Waals surface area contributed by atoms with Gasteiger partial charge in [0.15, 0.2) is 0 Å². The second kappa shape index (κ2) is 4.50. The first-order chi connectivity index (χ1) is 6.84. The SMILES string of the molecule is Oc1ccc([CH]C2CCCCC2)cc1. The van der Waals surface area contributed by atoms with Crippen LogP contribution in [0.25, 0.3) is 0 Å². The molecule has 0 bridgehead atoms. The van der Waals surface area contributed by atoms with Crippen LogP contribution in [0.2, 0.25) is 0 Å². The average molecular weight is 189 g/mol. The molecule has 1 fully saturated rings. The Morgan fingerprint density at radius 2 is 1.64 bits per heavy atom. The van der Waals surface area contributed by atoms with Crippen LogP contribution in [0.3, 0.4) is 0 Å². The van der Waals surface area contributed by atoms with Crippen LogP contribution < -0.4 is 0 Å². The number of aromatic hydroxyl groups is 1. The summed E-state index contributed by atoms with van der Waals surface area (Å²) in [5.41, 5.74) is 1.25. The Bertz CT molecular complexity index is 270. The van der Waals surface area contributed by atoms with E-state index in [1.54, 1.807) is 12.1 Å². The first kappa shape index (κ1) is 9.57. The first-order valence-corrected chi connectivity index (χ1v) is 5.48. The Hall–Kier alpha value is -0.980. The molecule has 1 aromatic rings. The molecule has 1 saturated carbocycles. The molecule has 1 heteroatoms. The van der Waals surface area contributed by atoms with Gasteiger partial charge in [-0.05, 0) is 42.9 Å². The topological polar surface area (TPSA) is 20.2 Å². The normalized spacial score (nSPS) is 18.3. The lowest BCUT2D eigenvalue weighted by Crippen LogP contribution is -2.07. The number of hydrogen-bond acceptors (Lipinski definition) is 1. The van der Waals surface area contributed by atoms with Gasteiger partial charge in [0.25, 0.3) is 0 Å². The molecule has 1 radical (unpaired) electrons. The summed E-state index contributed by atoms with van der Waals surface area (Å²) in [4.78, 5) is 0. The molecule has 2 rings (SSSR count). The Labute approximate surface area is 85.8 Å². The molecule has 1 N–H and O–H groups in total. The molecule has 0 saturated heterocycles. The van der Waals surface area contributed by atoms with Gasteiger partial charge in [0.1, 0.15) is 5.75 Å². The van der Waals surface area contributed by atoms with E-state index in [9.17, 15) is 0 Å². The van der Waals surface area contributed by atoms with E-state index in [-0.39, 0.29) is 0 Å². The van der Waals surface area contributed by atoms with Crippen LogP contribution in [0.15, 0.2) is 24.3 Å². The molecule has 1 aliphatic carbocycles. The van der Waals surface area contributed by atoms with Crippen LogP contribution >= 0.6 is 0 Å². The fourth-order valence-electron chi connectivity index (χ4n) is 2.16. The van der Waals surface area contributed by atoms with Crippen molar-refractivity contribution in [3.63, 3.8) is 0 Å². The fourth-order valence-corrected chi connectivity index (χ4v) is 2.16. The lowest BCUT2D eigenvalue weighted by molar-refractivity contribution is 0.403. The van der Waals surface area contributed by atoms with E-state index < -0.39 is 0 Å². The van der Waals surface area contributed by atoms with Gasteiger partial charge >= 0.3 is 0 Å². The molecule has 0 spiro atoms. The lowest BCUT2D eigenvalue weighted by atomic mass is 9.85. The summed E-state index contributed by atoms with van der Waals surface area (Å²) in [7, 11) is 0. The Morgan fingerprint density at radius 3 is 2.29 bits per heavy atom. The van der Waals surface area contributed by atoms with Crippen molar-refractivity contribution in [3.05, 3.63) is 36.2 Å². The van der Waals surface area contributed by atoms with Crippen molar-refractivity contribution >= 4 is 0 Å². The van der Waals surface area contributed by atoms with Crippen molar-refractivity contribution in [2.24, 2.45) is 5.92 Å². The Balaban J connectivity index is 1.92. The lowest BCUT2D eigenvalue weighted by Gasteiger charge is -2.21. The summed E-state index contributed by atoms with van der Waals surface area (Å²) in [5.74, 6) is 1.11. The molecule has 0 heterocycles. The van der Waals surface area contributed by atoms with Crippen molar-refractivity contribution in [3.8, 4) is 5.75 Å². The van der Waals surface area contributed by atoms with Crippen molar-refractivity contribution < 1.29 is 5.11 Å². The Kier molecular flexibility index (Phi) is 3.07. The number of phenols is 1. The van der Waals surface area contributed by atoms with Crippen molar-refractivity contribution in [1.82, 2.24) is 0 Å². The minimum atomic E-state index is 0.353. The van der Waals surface area contributed by atoms with Gasteiger partial charge in [-0.15, -0.1) is 0 Å². The molecule has 1 nitrogen and oxygen atoms in total. The predicted octanol–water partition coefficient (Wildman–Crippen LogP) is 3.52. The number of phenolic OH excluding ortho intramolecular Hbond substituents is 1. The maximum atomic E-state index is 9.15. The zero-order valence-corrected chi connectivity index (χ0v) is 8.45. The third-order valence-corrected chi connectivity index (χ3v) is 2.97. The standard InChI is InChI=1S/C13H17O/c14-13-8-6-12(7-9-13)10-11-4-2-1-3-5-11/h6-11,14H,1-5H2. The molecule has 75 valence electrons. The molecule has 14 heavy (non-hydrogen) atoms. The number of hydrogen-bond donors (Lipinski definition) is 1. The van der Waals surface area contributed by atoms with Gasteiger partial charge in [-0.2, -0.15) is 0 Å². The molecule has 0 atom stereocenters. The summed E-state index contributed by atoms with van der Waals surface area (Å²) in [5, 5.41) is 9.15. The van der Waals surface area contributed by atoms with E-state index in [1.807, 2.05) is 12.1 Å². The van der Waals surface area contributed by atoms with Gasteiger partial charge in [-0.25, -0.2) is 0 Å². The average Bonchev–Trinajstić information content (AvgIpc) is 2.23. The maximum absolute atomic E-state index is 9.15. The van der Waals surface area contributed by atoms with Crippen LogP contribution in [0.4, 0.5) is 0 Å². The highest BCUT2D eigenvalue weighted by Crippen LogP contribution is 2.28. The third-order valence-electron chi connectivity index (χ3n) is 2.97. The fraction of sp³-hybridized carbons (Fsp3) is 0.462. The van der Waals surface area contributed by atoms with Crippen molar-refractivity contribution in [2.45, 2.75) is 32.1 Å². The molecule has 0 aliphatic heterocycles. The largest absolute Gasteiger partial charge is 0.508 e. The summed E-state index contributed by atoms with van der Waals surface area (Å²) in [6.07, 6.45) is 9.17. The van der Waals surface area contributed by atoms with E-state index in [1.165, 1.54) is 37.7 Å². The van der Waals surface area contributed by atoms with Gasteiger partial charge < -0.3 is 5.11 Å². The Morgan fingerprint density at radius 1 is 1.00 bits per heavy atom. The van der Waals surface area contributed by atoms with Crippen LogP contribution in [0.1, 0.15) is 37.7 Å². The quantitative estimate of drug-likeness (QED) is 0.754. The molecule has 1 aromatic carbocycles. The molecule has 0 aromatic heterocycles. The van der Waals surface area contributed by atoms with E-state index in [0.717, 1.165) is 5.92 Å². The molecule has 0 unspecified atom stereocenters. The van der Waals surface area contributed by atoms with Crippen molar-refractivity contribution in [2.75, 3.05) is 0 Å². The third kappa shape index (κ3) is 2.50. The highest BCUT2D eigenvalue weighted by atomic mass is 16.3. The van der Waals surface area contributed by atoms with Crippen LogP contribution in [-0.2, 0) is 0 Å². The zero-order chi connectivity index (χ0) is 9.80. The number of benzene rings is 1. The summed E-state index contributed by atoms with van der Waals surface area (Å²) in [6.45, 7) is 0. The minimum Gasteiger partial charge on any atom is -0.508 e. The minimum absolute atomic E-state index is 0.353. The number of rotatable bonds is 2. The maximum Gasteiger partial charge on any atom is 0.115 e. The van der Waals surface area contributed by atoms with Crippen LogP contribution in [0.5, 0.6) is 5.75 Å². The monoisotopic (exact) mass is 189 g/mol. The highest BCUT2D eigenvalue weighted by molar-refractivity contribution is 5.30. The van der Waals surface area contributed by atoms with E-state index >= 15 is 0 Å². The summed E-state index contributed by atoms with van der Waals surface area (Å²) < 4.78 is 0. The second-order valence-electron chi connectivity index (χ2n) is 4.16. The van der Waals surface area contributed by atoms with Gasteiger partial charge in [-0.1, -0.05) is 31.4 Å². The second-order valence-corrected chi connectivity index (χ2v) is 4.16. The van der Waals surface area contributed by atoms with Gasteiger partial charge in [0, 0.05) is 0 Å². The van der Waals surface area contributed by atoms with E-state index in [4.69, 9.17) is 5.11 Å². The molecular weight excluding hydrogens is 172 g/mol. The van der Waals surface area contributed by atoms with Gasteiger partial charge in [0.05, 0.1) is 0 Å².